The van der Waals surface area contributed by atoms with Crippen molar-refractivity contribution in [1.82, 2.24) is 25.8 Å². The van der Waals surface area contributed by atoms with Gasteiger partial charge in [0.05, 0.1) is 13.7 Å². The minimum absolute atomic E-state index is 0. The third kappa shape index (κ3) is 9.44. The number of ether oxygens (including phenoxy) is 2. The van der Waals surface area contributed by atoms with E-state index in [1.807, 2.05) is 31.2 Å². The van der Waals surface area contributed by atoms with Crippen molar-refractivity contribution in [3.63, 3.8) is 0 Å². The number of benzene rings is 1. The van der Waals surface area contributed by atoms with Gasteiger partial charge < -0.3 is 20.1 Å². The molecule has 162 valence electrons. The van der Waals surface area contributed by atoms with Crippen LogP contribution in [0, 0.1) is 5.92 Å². The van der Waals surface area contributed by atoms with Gasteiger partial charge in [0.25, 0.3) is 0 Å². The zero-order valence-corrected chi connectivity index (χ0v) is 20.0. The number of halogens is 1. The lowest BCUT2D eigenvalue weighted by Crippen LogP contribution is -2.39. The van der Waals surface area contributed by atoms with Gasteiger partial charge in [0.2, 0.25) is 0 Å². The molecule has 0 saturated heterocycles. The Bertz CT molecular complexity index is 718. The van der Waals surface area contributed by atoms with E-state index in [0.717, 1.165) is 36.8 Å². The number of aliphatic imine (C=N–C) groups is 1. The summed E-state index contributed by atoms with van der Waals surface area (Å²) in [6.45, 7) is 9.77. The van der Waals surface area contributed by atoms with E-state index in [4.69, 9.17) is 9.47 Å². The van der Waals surface area contributed by atoms with E-state index in [0.29, 0.717) is 37.3 Å². The van der Waals surface area contributed by atoms with Crippen LogP contribution < -0.4 is 15.4 Å². The van der Waals surface area contributed by atoms with E-state index in [-0.39, 0.29) is 24.0 Å². The molecular formula is C20H33IN6O2. The molecule has 0 unspecified atom stereocenters. The Morgan fingerprint density at radius 3 is 2.59 bits per heavy atom. The number of aromatic amines is 1. The zero-order valence-electron chi connectivity index (χ0n) is 17.7. The molecule has 0 saturated carbocycles. The fourth-order valence-corrected chi connectivity index (χ4v) is 2.39. The molecule has 1 aromatic carbocycles. The molecule has 8 nitrogen and oxygen atoms in total. The molecule has 29 heavy (non-hydrogen) atoms. The highest BCUT2D eigenvalue weighted by molar-refractivity contribution is 14.0. The summed E-state index contributed by atoms with van der Waals surface area (Å²) in [5.41, 5.74) is 0.927. The molecule has 0 atom stereocenters. The summed E-state index contributed by atoms with van der Waals surface area (Å²) in [6, 6.07) is 7.64. The van der Waals surface area contributed by atoms with Gasteiger partial charge in [-0.2, -0.15) is 5.10 Å². The summed E-state index contributed by atoms with van der Waals surface area (Å²) in [6.07, 6.45) is 1.08. The molecule has 0 aliphatic heterocycles. The summed E-state index contributed by atoms with van der Waals surface area (Å²) in [5, 5.41) is 13.7. The first-order valence-corrected chi connectivity index (χ1v) is 9.78. The number of guanidine groups is 1. The van der Waals surface area contributed by atoms with Crippen molar-refractivity contribution < 1.29 is 9.47 Å². The lowest BCUT2D eigenvalue weighted by Gasteiger charge is -2.11. The number of H-pyrrole nitrogens is 1. The molecule has 0 aliphatic rings. The Hall–Kier alpha value is -1.88. The van der Waals surface area contributed by atoms with E-state index in [1.54, 1.807) is 7.11 Å². The fourth-order valence-electron chi connectivity index (χ4n) is 2.39. The Balaban J connectivity index is 0.00000420. The second-order valence-electron chi connectivity index (χ2n) is 6.75. The SMILES string of the molecule is CCNC(=NCc1nc(-c2ccc(OC)cc2)n[nH]1)NCCOCCC(C)C.I. The number of hydrogen-bond donors (Lipinski definition) is 3. The Morgan fingerprint density at radius 2 is 1.93 bits per heavy atom. The van der Waals surface area contributed by atoms with Gasteiger partial charge in [0.15, 0.2) is 11.8 Å². The number of nitrogens with zero attached hydrogens (tertiary/aromatic N) is 3. The van der Waals surface area contributed by atoms with Crippen LogP contribution in [0.4, 0.5) is 0 Å². The first-order chi connectivity index (χ1) is 13.6. The van der Waals surface area contributed by atoms with Crippen molar-refractivity contribution >= 4 is 29.9 Å². The van der Waals surface area contributed by atoms with Crippen LogP contribution in [-0.4, -0.2) is 54.6 Å². The fraction of sp³-hybridized carbons (Fsp3) is 0.550. The maximum Gasteiger partial charge on any atom is 0.191 e. The predicted octanol–water partition coefficient (Wildman–Crippen LogP) is 3.22. The van der Waals surface area contributed by atoms with Gasteiger partial charge in [0.1, 0.15) is 18.1 Å². The number of nitrogens with one attached hydrogen (secondary N) is 3. The van der Waals surface area contributed by atoms with Gasteiger partial charge >= 0.3 is 0 Å². The van der Waals surface area contributed by atoms with Gasteiger partial charge in [-0.05, 0) is 43.5 Å². The lowest BCUT2D eigenvalue weighted by molar-refractivity contribution is 0.128. The molecule has 1 heterocycles. The van der Waals surface area contributed by atoms with E-state index < -0.39 is 0 Å². The second-order valence-corrected chi connectivity index (χ2v) is 6.75. The van der Waals surface area contributed by atoms with Crippen molar-refractivity contribution in [2.24, 2.45) is 10.9 Å². The normalized spacial score (nSPS) is 11.3. The molecule has 0 amide bonds. The molecule has 9 heteroatoms. The second kappa shape index (κ2) is 14.2. The Kier molecular flexibility index (Phi) is 12.3. The molecule has 0 aliphatic carbocycles. The molecular weight excluding hydrogens is 483 g/mol. The Morgan fingerprint density at radius 1 is 1.17 bits per heavy atom. The summed E-state index contributed by atoms with van der Waals surface area (Å²) in [4.78, 5) is 9.06. The monoisotopic (exact) mass is 516 g/mol. The van der Waals surface area contributed by atoms with Crippen molar-refractivity contribution in [3.8, 4) is 17.1 Å². The number of rotatable bonds is 11. The summed E-state index contributed by atoms with van der Waals surface area (Å²) in [7, 11) is 1.64. The first kappa shape index (κ1) is 25.2. The topological polar surface area (TPSA) is 96.5 Å². The van der Waals surface area contributed by atoms with Crippen molar-refractivity contribution in [2.75, 3.05) is 33.4 Å². The summed E-state index contributed by atoms with van der Waals surface area (Å²) >= 11 is 0. The molecule has 0 fully saturated rings. The van der Waals surface area contributed by atoms with E-state index >= 15 is 0 Å². The maximum absolute atomic E-state index is 5.62. The van der Waals surface area contributed by atoms with Gasteiger partial charge in [-0.3, -0.25) is 5.10 Å². The van der Waals surface area contributed by atoms with E-state index in [2.05, 4.69) is 44.7 Å². The minimum Gasteiger partial charge on any atom is -0.497 e. The average molecular weight is 516 g/mol. The summed E-state index contributed by atoms with van der Waals surface area (Å²) < 4.78 is 10.8. The number of aromatic nitrogens is 3. The van der Waals surface area contributed by atoms with Gasteiger partial charge in [-0.1, -0.05) is 13.8 Å². The van der Waals surface area contributed by atoms with Crippen LogP contribution >= 0.6 is 24.0 Å². The third-order valence-electron chi connectivity index (χ3n) is 3.99. The number of methoxy groups -OCH3 is 1. The predicted molar refractivity (Wildman–Crippen MR) is 127 cm³/mol. The molecule has 2 rings (SSSR count). The highest BCUT2D eigenvalue weighted by atomic mass is 127. The Labute approximate surface area is 190 Å². The van der Waals surface area contributed by atoms with Crippen molar-refractivity contribution in [3.05, 3.63) is 30.1 Å². The zero-order chi connectivity index (χ0) is 20.2. The smallest absolute Gasteiger partial charge is 0.191 e. The van der Waals surface area contributed by atoms with Crippen molar-refractivity contribution in [2.45, 2.75) is 33.7 Å². The highest BCUT2D eigenvalue weighted by Gasteiger charge is 2.06. The molecule has 0 bridgehead atoms. The average Bonchev–Trinajstić information content (AvgIpc) is 3.17. The summed E-state index contributed by atoms with van der Waals surface area (Å²) in [5.74, 6) is 3.55. The quantitative estimate of drug-likeness (QED) is 0.184. The molecule has 3 N–H and O–H groups in total. The minimum atomic E-state index is 0. The van der Waals surface area contributed by atoms with E-state index in [9.17, 15) is 0 Å². The molecule has 1 aromatic heterocycles. The van der Waals surface area contributed by atoms with Crippen molar-refractivity contribution in [1.29, 1.82) is 0 Å². The van der Waals surface area contributed by atoms with Gasteiger partial charge in [-0.25, -0.2) is 9.98 Å². The van der Waals surface area contributed by atoms with Crippen LogP contribution in [0.25, 0.3) is 11.4 Å². The van der Waals surface area contributed by atoms with Gasteiger partial charge in [-0.15, -0.1) is 24.0 Å². The van der Waals surface area contributed by atoms with Crippen LogP contribution in [0.5, 0.6) is 5.75 Å². The van der Waals surface area contributed by atoms with Crippen LogP contribution in [0.2, 0.25) is 0 Å². The lowest BCUT2D eigenvalue weighted by atomic mass is 10.1. The highest BCUT2D eigenvalue weighted by Crippen LogP contribution is 2.18. The molecule has 2 aromatic rings. The molecule has 0 radical (unpaired) electrons. The van der Waals surface area contributed by atoms with Crippen LogP contribution in [0.15, 0.2) is 29.3 Å². The number of hydrogen-bond acceptors (Lipinski definition) is 5. The van der Waals surface area contributed by atoms with Crippen LogP contribution in [0.1, 0.15) is 33.0 Å². The van der Waals surface area contributed by atoms with Crippen LogP contribution in [0.3, 0.4) is 0 Å². The molecule has 0 spiro atoms. The van der Waals surface area contributed by atoms with Crippen LogP contribution in [-0.2, 0) is 11.3 Å². The van der Waals surface area contributed by atoms with Gasteiger partial charge in [0, 0.05) is 25.3 Å². The van der Waals surface area contributed by atoms with E-state index in [1.165, 1.54) is 0 Å². The first-order valence-electron chi connectivity index (χ1n) is 9.78. The third-order valence-corrected chi connectivity index (χ3v) is 3.99. The largest absolute Gasteiger partial charge is 0.497 e. The maximum atomic E-state index is 5.62. The standard InChI is InChI=1S/C20H32N6O2.HI/c1-5-21-20(22-11-13-28-12-10-15(2)3)23-14-18-24-19(26-25-18)16-6-8-17(27-4)9-7-16;/h6-9,15H,5,10-14H2,1-4H3,(H2,21,22,23)(H,24,25,26);1H.